The van der Waals surface area contributed by atoms with Crippen molar-refractivity contribution in [1.82, 2.24) is 15.2 Å². The number of ether oxygens (including phenoxy) is 1. The summed E-state index contributed by atoms with van der Waals surface area (Å²) in [5, 5.41) is 3.33. The molecule has 0 aliphatic carbocycles. The topological polar surface area (TPSA) is 66.8 Å². The number of guanidine groups is 1. The summed E-state index contributed by atoms with van der Waals surface area (Å²) < 4.78 is 4.88. The van der Waals surface area contributed by atoms with Crippen molar-refractivity contribution in [1.29, 1.82) is 0 Å². The monoisotopic (exact) mass is 304 g/mol. The third kappa shape index (κ3) is 3.55. The lowest BCUT2D eigenvalue weighted by atomic mass is 9.99. The predicted molar refractivity (Wildman–Crippen MR) is 85.4 cm³/mol. The highest BCUT2D eigenvalue weighted by Gasteiger charge is 2.36. The Morgan fingerprint density at radius 3 is 2.95 bits per heavy atom. The van der Waals surface area contributed by atoms with Crippen molar-refractivity contribution in [2.45, 2.75) is 20.4 Å². The standard InChI is InChI=1S/C16H24N4O2/c1-11-6-5-7-18-14(11)8-19-16(17-3)20-9-12(2)13(10-20)15(21)22-4/h5-7,12-13H,8-10H2,1-4H3,(H,17,19). The third-order valence-corrected chi connectivity index (χ3v) is 4.16. The summed E-state index contributed by atoms with van der Waals surface area (Å²) in [4.78, 5) is 22.6. The molecule has 1 aromatic rings. The largest absolute Gasteiger partial charge is 0.469 e. The molecule has 1 N–H and O–H groups in total. The van der Waals surface area contributed by atoms with Crippen molar-refractivity contribution in [2.75, 3.05) is 27.2 Å². The fourth-order valence-corrected chi connectivity index (χ4v) is 2.80. The second-order valence-electron chi connectivity index (χ2n) is 5.68. The zero-order chi connectivity index (χ0) is 16.1. The van der Waals surface area contributed by atoms with Gasteiger partial charge < -0.3 is 15.0 Å². The van der Waals surface area contributed by atoms with Crippen LogP contribution >= 0.6 is 0 Å². The number of rotatable bonds is 3. The molecule has 0 saturated carbocycles. The van der Waals surface area contributed by atoms with E-state index in [0.717, 1.165) is 23.8 Å². The second kappa shape index (κ2) is 7.24. The average Bonchev–Trinajstić information content (AvgIpc) is 2.90. The van der Waals surface area contributed by atoms with Gasteiger partial charge in [-0.2, -0.15) is 0 Å². The van der Waals surface area contributed by atoms with Crippen LogP contribution in [0.2, 0.25) is 0 Å². The van der Waals surface area contributed by atoms with Crippen molar-refractivity contribution in [3.8, 4) is 0 Å². The molecular formula is C16H24N4O2. The van der Waals surface area contributed by atoms with Gasteiger partial charge in [0.15, 0.2) is 5.96 Å². The molecule has 0 spiro atoms. The van der Waals surface area contributed by atoms with E-state index in [2.05, 4.69) is 27.1 Å². The molecule has 1 aromatic heterocycles. The zero-order valence-electron chi connectivity index (χ0n) is 13.7. The molecule has 120 valence electrons. The minimum absolute atomic E-state index is 0.0971. The minimum atomic E-state index is -0.147. The molecular weight excluding hydrogens is 280 g/mol. The first kappa shape index (κ1) is 16.3. The SMILES string of the molecule is CN=C(NCc1ncccc1C)N1CC(C)C(C(=O)OC)C1. The van der Waals surface area contributed by atoms with E-state index in [0.29, 0.717) is 13.1 Å². The lowest BCUT2D eigenvalue weighted by Crippen LogP contribution is -2.40. The van der Waals surface area contributed by atoms with Crippen LogP contribution in [0.1, 0.15) is 18.2 Å². The Labute approximate surface area is 131 Å². The number of pyridine rings is 1. The van der Waals surface area contributed by atoms with Crippen LogP contribution in [0, 0.1) is 18.8 Å². The lowest BCUT2D eigenvalue weighted by molar-refractivity contribution is -0.145. The predicted octanol–water partition coefficient (Wildman–Crippen LogP) is 1.21. The van der Waals surface area contributed by atoms with Gasteiger partial charge in [0.1, 0.15) is 0 Å². The summed E-state index contributed by atoms with van der Waals surface area (Å²) in [5.74, 6) is 0.803. The lowest BCUT2D eigenvalue weighted by Gasteiger charge is -2.21. The van der Waals surface area contributed by atoms with E-state index in [4.69, 9.17) is 4.74 Å². The molecule has 1 fully saturated rings. The maximum atomic E-state index is 11.8. The number of carbonyl (C=O) groups is 1. The van der Waals surface area contributed by atoms with Crippen molar-refractivity contribution < 1.29 is 9.53 Å². The van der Waals surface area contributed by atoms with Crippen molar-refractivity contribution in [3.63, 3.8) is 0 Å². The van der Waals surface area contributed by atoms with Crippen LogP contribution in [0.3, 0.4) is 0 Å². The van der Waals surface area contributed by atoms with Gasteiger partial charge in [0.2, 0.25) is 0 Å². The van der Waals surface area contributed by atoms with Crippen LogP contribution < -0.4 is 5.32 Å². The number of nitrogens with one attached hydrogen (secondary N) is 1. The quantitative estimate of drug-likeness (QED) is 0.516. The van der Waals surface area contributed by atoms with Crippen molar-refractivity contribution in [3.05, 3.63) is 29.6 Å². The first-order valence-corrected chi connectivity index (χ1v) is 7.50. The summed E-state index contributed by atoms with van der Waals surface area (Å²) in [6, 6.07) is 3.97. The number of likely N-dealkylation sites (tertiary alicyclic amines) is 1. The molecule has 6 heteroatoms. The van der Waals surface area contributed by atoms with Crippen LogP contribution in [0.5, 0.6) is 0 Å². The van der Waals surface area contributed by atoms with Gasteiger partial charge in [-0.15, -0.1) is 0 Å². The normalized spacial score (nSPS) is 21.8. The van der Waals surface area contributed by atoms with Gasteiger partial charge in [0.05, 0.1) is 25.3 Å². The maximum Gasteiger partial charge on any atom is 0.310 e. The Kier molecular flexibility index (Phi) is 5.35. The Bertz CT molecular complexity index is 559. The molecule has 0 bridgehead atoms. The number of nitrogens with zero attached hydrogens (tertiary/aromatic N) is 3. The number of aliphatic imine (C=N–C) groups is 1. The Hall–Kier alpha value is -2.11. The number of methoxy groups -OCH3 is 1. The summed E-state index contributed by atoms with van der Waals surface area (Å²) in [5.41, 5.74) is 2.15. The maximum absolute atomic E-state index is 11.8. The van der Waals surface area contributed by atoms with Gasteiger partial charge in [-0.3, -0.25) is 14.8 Å². The van der Waals surface area contributed by atoms with Gasteiger partial charge in [-0.25, -0.2) is 0 Å². The Morgan fingerprint density at radius 2 is 2.32 bits per heavy atom. The number of hydrogen-bond donors (Lipinski definition) is 1. The summed E-state index contributed by atoms with van der Waals surface area (Å²) >= 11 is 0. The molecule has 0 radical (unpaired) electrons. The molecule has 6 nitrogen and oxygen atoms in total. The van der Waals surface area contributed by atoms with Crippen LogP contribution in [-0.2, 0) is 16.1 Å². The van der Waals surface area contributed by atoms with E-state index in [1.807, 2.05) is 19.1 Å². The highest BCUT2D eigenvalue weighted by molar-refractivity contribution is 5.82. The molecule has 2 heterocycles. The van der Waals surface area contributed by atoms with E-state index in [9.17, 15) is 4.79 Å². The van der Waals surface area contributed by atoms with Gasteiger partial charge in [-0.05, 0) is 24.5 Å². The van der Waals surface area contributed by atoms with E-state index in [1.165, 1.54) is 7.11 Å². The number of carbonyl (C=O) groups excluding carboxylic acids is 1. The van der Waals surface area contributed by atoms with E-state index < -0.39 is 0 Å². The molecule has 1 saturated heterocycles. The zero-order valence-corrected chi connectivity index (χ0v) is 13.7. The summed E-state index contributed by atoms with van der Waals surface area (Å²) in [6.07, 6.45) is 1.79. The minimum Gasteiger partial charge on any atom is -0.469 e. The van der Waals surface area contributed by atoms with E-state index in [-0.39, 0.29) is 17.8 Å². The molecule has 2 unspecified atom stereocenters. The van der Waals surface area contributed by atoms with Gasteiger partial charge in [0.25, 0.3) is 0 Å². The average molecular weight is 304 g/mol. The second-order valence-corrected chi connectivity index (χ2v) is 5.68. The first-order valence-electron chi connectivity index (χ1n) is 7.50. The third-order valence-electron chi connectivity index (χ3n) is 4.16. The van der Waals surface area contributed by atoms with Crippen molar-refractivity contribution in [2.24, 2.45) is 16.8 Å². The molecule has 0 aromatic carbocycles. The van der Waals surface area contributed by atoms with Crippen LogP contribution in [0.4, 0.5) is 0 Å². The Morgan fingerprint density at radius 1 is 1.55 bits per heavy atom. The molecule has 2 rings (SSSR count). The van der Waals surface area contributed by atoms with Crippen LogP contribution in [0.25, 0.3) is 0 Å². The van der Waals surface area contributed by atoms with E-state index in [1.54, 1.807) is 13.2 Å². The van der Waals surface area contributed by atoms with Crippen LogP contribution in [0.15, 0.2) is 23.3 Å². The summed E-state index contributed by atoms with van der Waals surface area (Å²) in [6.45, 7) is 6.15. The number of aromatic nitrogens is 1. The molecule has 1 aliphatic rings. The number of hydrogen-bond acceptors (Lipinski definition) is 4. The highest BCUT2D eigenvalue weighted by atomic mass is 16.5. The molecule has 1 aliphatic heterocycles. The van der Waals surface area contributed by atoms with Gasteiger partial charge >= 0.3 is 5.97 Å². The van der Waals surface area contributed by atoms with Gasteiger partial charge in [0, 0.05) is 26.3 Å². The van der Waals surface area contributed by atoms with Crippen molar-refractivity contribution >= 4 is 11.9 Å². The summed E-state index contributed by atoms with van der Waals surface area (Å²) in [7, 11) is 3.19. The molecule has 2 atom stereocenters. The fourth-order valence-electron chi connectivity index (χ4n) is 2.80. The van der Waals surface area contributed by atoms with E-state index >= 15 is 0 Å². The Balaban J connectivity index is 1.99. The highest BCUT2D eigenvalue weighted by Crippen LogP contribution is 2.24. The smallest absolute Gasteiger partial charge is 0.310 e. The fraction of sp³-hybridized carbons (Fsp3) is 0.562. The van der Waals surface area contributed by atoms with Crippen LogP contribution in [-0.4, -0.2) is 49.1 Å². The van der Waals surface area contributed by atoms with Gasteiger partial charge in [-0.1, -0.05) is 13.0 Å². The molecule has 22 heavy (non-hydrogen) atoms. The first-order chi connectivity index (χ1) is 10.6. The number of esters is 1. The molecule has 0 amide bonds. The number of aryl methyl sites for hydroxylation is 1.